The number of amides is 3. The lowest BCUT2D eigenvalue weighted by Gasteiger charge is -2.39. The Morgan fingerprint density at radius 2 is 2.00 bits per heavy atom. The molecule has 2 fully saturated rings. The topological polar surface area (TPSA) is 170 Å². The highest BCUT2D eigenvalue weighted by Gasteiger charge is 2.46. The Bertz CT molecular complexity index is 657. The van der Waals surface area contributed by atoms with E-state index in [9.17, 15) is 26.8 Å². The van der Waals surface area contributed by atoms with Crippen LogP contribution in [0.4, 0.5) is 13.6 Å². The van der Waals surface area contributed by atoms with Crippen LogP contribution in [0.5, 0.6) is 0 Å². The van der Waals surface area contributed by atoms with Gasteiger partial charge < -0.3 is 15.4 Å². The SMILES string of the molecule is NC1(CONC(=O)[C@@H]2CC(F)(F)CCN2C(=O)NOS(=O)(=O)O)COC1. The van der Waals surface area contributed by atoms with Crippen LogP contribution in [0.25, 0.3) is 0 Å². The highest BCUT2D eigenvalue weighted by Crippen LogP contribution is 2.32. The van der Waals surface area contributed by atoms with Gasteiger partial charge in [-0.25, -0.2) is 19.1 Å². The number of ether oxygens (including phenoxy) is 1. The fourth-order valence-electron chi connectivity index (χ4n) is 2.33. The molecule has 3 amide bonds. The van der Waals surface area contributed by atoms with E-state index in [1.165, 1.54) is 5.48 Å². The summed E-state index contributed by atoms with van der Waals surface area (Å²) in [7, 11) is -5.00. The zero-order valence-corrected chi connectivity index (χ0v) is 14.1. The first kappa shape index (κ1) is 20.7. The van der Waals surface area contributed by atoms with Crippen LogP contribution in [-0.4, -0.2) is 73.7 Å². The molecule has 15 heteroatoms. The third-order valence-corrected chi connectivity index (χ3v) is 3.99. The van der Waals surface area contributed by atoms with E-state index < -0.39 is 59.2 Å². The highest BCUT2D eigenvalue weighted by molar-refractivity contribution is 7.80. The van der Waals surface area contributed by atoms with Crippen LogP contribution < -0.4 is 16.7 Å². The molecule has 0 aromatic heterocycles. The summed E-state index contributed by atoms with van der Waals surface area (Å²) in [6.45, 7) is -0.307. The molecule has 2 heterocycles. The third kappa shape index (κ3) is 5.68. The molecule has 1 atom stereocenters. The predicted octanol–water partition coefficient (Wildman–Crippen LogP) is -1.69. The Morgan fingerprint density at radius 3 is 2.54 bits per heavy atom. The molecular weight excluding hydrogens is 386 g/mol. The minimum Gasteiger partial charge on any atom is -0.377 e. The predicted molar refractivity (Wildman–Crippen MR) is 77.7 cm³/mol. The highest BCUT2D eigenvalue weighted by atomic mass is 32.3. The van der Waals surface area contributed by atoms with Gasteiger partial charge >= 0.3 is 16.4 Å². The second kappa shape index (κ2) is 7.53. The van der Waals surface area contributed by atoms with Crippen molar-refractivity contribution in [2.24, 2.45) is 5.73 Å². The van der Waals surface area contributed by atoms with Gasteiger partial charge in [0.25, 0.3) is 11.8 Å². The van der Waals surface area contributed by atoms with Gasteiger partial charge in [-0.1, -0.05) is 0 Å². The smallest absolute Gasteiger partial charge is 0.377 e. The van der Waals surface area contributed by atoms with Gasteiger partial charge in [0.2, 0.25) is 0 Å². The van der Waals surface area contributed by atoms with Crippen molar-refractivity contribution in [1.82, 2.24) is 15.9 Å². The molecule has 0 aliphatic carbocycles. The summed E-state index contributed by atoms with van der Waals surface area (Å²) < 4.78 is 65.1. The molecule has 2 saturated heterocycles. The average molecular weight is 404 g/mol. The number of urea groups is 1. The second-order valence-electron chi connectivity index (χ2n) is 6.05. The van der Waals surface area contributed by atoms with Gasteiger partial charge in [0, 0.05) is 19.4 Å². The number of carbonyl (C=O) groups excluding carboxylic acids is 2. The summed E-state index contributed by atoms with van der Waals surface area (Å²) >= 11 is 0. The van der Waals surface area contributed by atoms with Gasteiger partial charge in [0.15, 0.2) is 0 Å². The number of halogens is 2. The Kier molecular flexibility index (Phi) is 5.99. The Balaban J connectivity index is 1.96. The molecular formula is C11H18F2N4O8S. The van der Waals surface area contributed by atoms with Crippen LogP contribution in [0.1, 0.15) is 12.8 Å². The molecule has 0 bridgehead atoms. The summed E-state index contributed by atoms with van der Waals surface area (Å²) in [4.78, 5) is 29.5. The zero-order valence-electron chi connectivity index (χ0n) is 13.3. The van der Waals surface area contributed by atoms with E-state index in [1.807, 2.05) is 5.48 Å². The fraction of sp³-hybridized carbons (Fsp3) is 0.818. The summed E-state index contributed by atoms with van der Waals surface area (Å²) in [5.41, 5.74) is 8.26. The number of piperidine rings is 1. The quantitative estimate of drug-likeness (QED) is 0.298. The standard InChI is InChI=1S/C11H18F2N4O8S/c12-11(13)1-2-17(9(19)16-25-26(20,21)22)7(3-11)8(18)15-24-6-10(14)4-23-5-10/h7H,1-6,14H2,(H,15,18)(H,16,19)(H,20,21,22)/t7-/m0/s1. The van der Waals surface area contributed by atoms with E-state index in [1.54, 1.807) is 0 Å². The monoisotopic (exact) mass is 404 g/mol. The van der Waals surface area contributed by atoms with Crippen LogP contribution >= 0.6 is 0 Å². The lowest BCUT2D eigenvalue weighted by molar-refractivity contribution is -0.155. The molecule has 0 aromatic rings. The first-order chi connectivity index (χ1) is 11.9. The van der Waals surface area contributed by atoms with E-state index in [-0.39, 0.29) is 19.8 Å². The van der Waals surface area contributed by atoms with E-state index in [2.05, 4.69) is 4.28 Å². The van der Waals surface area contributed by atoms with E-state index in [4.69, 9.17) is 19.9 Å². The first-order valence-corrected chi connectivity index (χ1v) is 8.66. The summed E-state index contributed by atoms with van der Waals surface area (Å²) in [5, 5.41) is 0. The van der Waals surface area contributed by atoms with Gasteiger partial charge in [-0.3, -0.25) is 14.2 Å². The number of carbonyl (C=O) groups is 2. The molecule has 0 spiro atoms. The molecule has 5 N–H and O–H groups in total. The molecule has 0 saturated carbocycles. The van der Waals surface area contributed by atoms with Crippen molar-refractivity contribution < 1.29 is 45.2 Å². The zero-order chi connectivity index (χ0) is 19.6. The molecule has 26 heavy (non-hydrogen) atoms. The minimum absolute atomic E-state index is 0.139. The van der Waals surface area contributed by atoms with Crippen molar-refractivity contribution >= 4 is 22.3 Å². The molecule has 2 aliphatic heterocycles. The van der Waals surface area contributed by atoms with Gasteiger partial charge in [-0.05, 0) is 0 Å². The van der Waals surface area contributed by atoms with Gasteiger partial charge in [-0.2, -0.15) is 13.9 Å². The van der Waals surface area contributed by atoms with E-state index in [0.29, 0.717) is 4.90 Å². The van der Waals surface area contributed by atoms with E-state index in [0.717, 1.165) is 0 Å². The summed E-state index contributed by atoms with van der Waals surface area (Å²) in [6, 6.07) is -2.98. The van der Waals surface area contributed by atoms with Crippen molar-refractivity contribution in [2.45, 2.75) is 30.3 Å². The Morgan fingerprint density at radius 1 is 1.35 bits per heavy atom. The van der Waals surface area contributed by atoms with Gasteiger partial charge in [-0.15, -0.1) is 4.28 Å². The van der Waals surface area contributed by atoms with Crippen molar-refractivity contribution in [1.29, 1.82) is 0 Å². The number of hydrogen-bond acceptors (Lipinski definition) is 8. The maximum absolute atomic E-state index is 13.6. The average Bonchev–Trinajstić information content (AvgIpc) is 2.49. The number of hydrogen-bond donors (Lipinski definition) is 4. The normalized spacial score (nSPS) is 24.5. The maximum Gasteiger partial charge on any atom is 0.418 e. The van der Waals surface area contributed by atoms with Crippen LogP contribution in [0.3, 0.4) is 0 Å². The maximum atomic E-state index is 13.6. The van der Waals surface area contributed by atoms with Crippen LogP contribution in [0, 0.1) is 0 Å². The number of nitrogens with zero attached hydrogens (tertiary/aromatic N) is 1. The van der Waals surface area contributed by atoms with Crippen molar-refractivity contribution in [3.05, 3.63) is 0 Å². The number of nitrogens with two attached hydrogens (primary N) is 1. The van der Waals surface area contributed by atoms with Crippen molar-refractivity contribution in [2.75, 3.05) is 26.4 Å². The number of hydroxylamine groups is 2. The Labute approximate surface area is 146 Å². The first-order valence-electron chi connectivity index (χ1n) is 7.29. The molecule has 0 aromatic carbocycles. The lowest BCUT2D eigenvalue weighted by Crippen LogP contribution is -2.62. The van der Waals surface area contributed by atoms with Crippen LogP contribution in [0.2, 0.25) is 0 Å². The molecule has 2 rings (SSSR count). The van der Waals surface area contributed by atoms with E-state index >= 15 is 0 Å². The number of alkyl halides is 2. The second-order valence-corrected chi connectivity index (χ2v) is 7.07. The molecule has 12 nitrogen and oxygen atoms in total. The fourth-order valence-corrected chi connectivity index (χ4v) is 2.50. The van der Waals surface area contributed by atoms with Crippen molar-refractivity contribution in [3.63, 3.8) is 0 Å². The van der Waals surface area contributed by atoms with Gasteiger partial charge in [0.05, 0.1) is 25.4 Å². The summed E-state index contributed by atoms with van der Waals surface area (Å²) in [6.07, 6.45) is -1.77. The number of nitrogens with one attached hydrogen (secondary N) is 2. The summed E-state index contributed by atoms with van der Waals surface area (Å²) in [5.74, 6) is -4.28. The Hall–Kier alpha value is -1.65. The van der Waals surface area contributed by atoms with Gasteiger partial charge in [0.1, 0.15) is 6.04 Å². The van der Waals surface area contributed by atoms with Crippen molar-refractivity contribution in [3.8, 4) is 0 Å². The minimum atomic E-state index is -5.00. The third-order valence-electron chi connectivity index (χ3n) is 3.70. The van der Waals surface area contributed by atoms with Crippen LogP contribution in [-0.2, 0) is 29.1 Å². The number of likely N-dealkylation sites (tertiary alicyclic amines) is 1. The lowest BCUT2D eigenvalue weighted by atomic mass is 9.98. The molecule has 0 unspecified atom stereocenters. The van der Waals surface area contributed by atoms with Crippen LogP contribution in [0.15, 0.2) is 0 Å². The molecule has 2 aliphatic rings. The molecule has 150 valence electrons. The largest absolute Gasteiger partial charge is 0.418 e. The number of rotatable bonds is 6. The molecule has 0 radical (unpaired) electrons.